The fourth-order valence-corrected chi connectivity index (χ4v) is 3.36. The third-order valence-corrected chi connectivity index (χ3v) is 5.05. The van der Waals surface area contributed by atoms with Crippen molar-refractivity contribution in [2.45, 2.75) is 40.0 Å². The molecule has 1 aliphatic rings. The van der Waals surface area contributed by atoms with Gasteiger partial charge < -0.3 is 9.80 Å². The highest BCUT2D eigenvalue weighted by atomic mass is 32.2. The highest BCUT2D eigenvalue weighted by molar-refractivity contribution is 7.99. The lowest BCUT2D eigenvalue weighted by Gasteiger charge is -2.35. The van der Waals surface area contributed by atoms with Gasteiger partial charge in [0.15, 0.2) is 0 Å². The van der Waals surface area contributed by atoms with Crippen LogP contribution in [0.1, 0.15) is 44.6 Å². The smallest absolute Gasteiger partial charge is 0.232 e. The largest absolute Gasteiger partial charge is 0.353 e. The van der Waals surface area contributed by atoms with Gasteiger partial charge in [0.1, 0.15) is 11.6 Å². The third-order valence-electron chi connectivity index (χ3n) is 3.90. The monoisotopic (exact) mass is 336 g/mol. The lowest BCUT2D eigenvalue weighted by molar-refractivity contribution is -0.128. The predicted molar refractivity (Wildman–Crippen MR) is 97.3 cm³/mol. The minimum absolute atomic E-state index is 0.268. The molecule has 1 aromatic heterocycles. The van der Waals surface area contributed by atoms with Crippen LogP contribution in [0.25, 0.3) is 0 Å². The predicted octanol–water partition coefficient (Wildman–Crippen LogP) is 2.70. The van der Waals surface area contributed by atoms with Crippen molar-refractivity contribution in [3.05, 3.63) is 17.6 Å². The lowest BCUT2D eigenvalue weighted by Crippen LogP contribution is -2.49. The zero-order valence-electron chi connectivity index (χ0n) is 14.7. The van der Waals surface area contributed by atoms with Gasteiger partial charge in [-0.2, -0.15) is 11.8 Å². The summed E-state index contributed by atoms with van der Waals surface area (Å²) in [6.45, 7) is 11.6. The molecule has 5 nitrogen and oxygen atoms in total. The van der Waals surface area contributed by atoms with E-state index in [1.165, 1.54) is 0 Å². The number of anilines is 1. The molecule has 1 saturated heterocycles. The SMILES string of the molecule is CCCSCC(=O)N1CCN(c2cc(C)nc(C(C)C)n2)CC1. The Hall–Kier alpha value is -1.30. The molecule has 0 radical (unpaired) electrons. The molecule has 0 aliphatic carbocycles. The van der Waals surface area contributed by atoms with E-state index in [2.05, 4.69) is 30.7 Å². The minimum Gasteiger partial charge on any atom is -0.353 e. The second-order valence-electron chi connectivity index (χ2n) is 6.30. The molecule has 0 unspecified atom stereocenters. The van der Waals surface area contributed by atoms with E-state index in [-0.39, 0.29) is 5.91 Å². The molecule has 23 heavy (non-hydrogen) atoms. The fourth-order valence-electron chi connectivity index (χ4n) is 2.57. The van der Waals surface area contributed by atoms with Gasteiger partial charge in [0.05, 0.1) is 5.75 Å². The Morgan fingerprint density at radius 3 is 2.57 bits per heavy atom. The van der Waals surface area contributed by atoms with E-state index in [1.807, 2.05) is 17.9 Å². The Morgan fingerprint density at radius 2 is 1.96 bits per heavy atom. The molecule has 1 aliphatic heterocycles. The van der Waals surface area contributed by atoms with Crippen LogP contribution in [-0.2, 0) is 4.79 Å². The maximum atomic E-state index is 12.2. The first-order valence-electron chi connectivity index (χ1n) is 8.47. The van der Waals surface area contributed by atoms with Crippen molar-refractivity contribution in [1.29, 1.82) is 0 Å². The lowest BCUT2D eigenvalue weighted by atomic mass is 10.2. The molecule has 0 bridgehead atoms. The highest BCUT2D eigenvalue weighted by Crippen LogP contribution is 2.19. The Bertz CT molecular complexity index is 527. The van der Waals surface area contributed by atoms with E-state index in [9.17, 15) is 4.79 Å². The molecule has 1 amide bonds. The van der Waals surface area contributed by atoms with Gasteiger partial charge in [0.2, 0.25) is 5.91 Å². The van der Waals surface area contributed by atoms with Gasteiger partial charge in [0, 0.05) is 43.9 Å². The molecule has 2 rings (SSSR count). The number of piperazine rings is 1. The van der Waals surface area contributed by atoms with Crippen LogP contribution in [-0.4, -0.2) is 58.5 Å². The van der Waals surface area contributed by atoms with Gasteiger partial charge in [-0.15, -0.1) is 0 Å². The number of amides is 1. The molecular formula is C17H28N4OS. The Labute approximate surface area is 143 Å². The molecule has 2 heterocycles. The van der Waals surface area contributed by atoms with Gasteiger partial charge in [0.25, 0.3) is 0 Å². The third kappa shape index (κ3) is 5.09. The Kier molecular flexibility index (Phi) is 6.69. The van der Waals surface area contributed by atoms with Crippen LogP contribution in [0.2, 0.25) is 0 Å². The van der Waals surface area contributed by atoms with E-state index >= 15 is 0 Å². The first-order chi connectivity index (χ1) is 11.0. The van der Waals surface area contributed by atoms with Crippen molar-refractivity contribution < 1.29 is 4.79 Å². The number of rotatable bonds is 6. The van der Waals surface area contributed by atoms with Crippen LogP contribution in [0, 0.1) is 6.92 Å². The zero-order valence-corrected chi connectivity index (χ0v) is 15.5. The maximum absolute atomic E-state index is 12.2. The summed E-state index contributed by atoms with van der Waals surface area (Å²) in [5.74, 6) is 4.15. The van der Waals surface area contributed by atoms with Crippen molar-refractivity contribution >= 4 is 23.5 Å². The number of nitrogens with zero attached hydrogens (tertiary/aromatic N) is 4. The van der Waals surface area contributed by atoms with Crippen LogP contribution in [0.3, 0.4) is 0 Å². The summed E-state index contributed by atoms with van der Waals surface area (Å²) in [4.78, 5) is 25.6. The van der Waals surface area contributed by atoms with Crippen LogP contribution < -0.4 is 4.90 Å². The summed E-state index contributed by atoms with van der Waals surface area (Å²) < 4.78 is 0. The second-order valence-corrected chi connectivity index (χ2v) is 7.41. The first-order valence-corrected chi connectivity index (χ1v) is 9.62. The van der Waals surface area contributed by atoms with Gasteiger partial charge in [-0.05, 0) is 19.1 Å². The van der Waals surface area contributed by atoms with E-state index < -0.39 is 0 Å². The van der Waals surface area contributed by atoms with Crippen molar-refractivity contribution in [2.75, 3.05) is 42.6 Å². The standard InChI is InChI=1S/C17H28N4OS/c1-5-10-23-12-16(22)21-8-6-20(7-9-21)15-11-14(4)18-17(19-15)13(2)3/h11,13H,5-10,12H2,1-4H3. The van der Waals surface area contributed by atoms with Gasteiger partial charge in [-0.25, -0.2) is 9.97 Å². The van der Waals surface area contributed by atoms with Gasteiger partial charge >= 0.3 is 0 Å². The van der Waals surface area contributed by atoms with Crippen LogP contribution >= 0.6 is 11.8 Å². The van der Waals surface area contributed by atoms with Crippen LogP contribution in [0.4, 0.5) is 5.82 Å². The van der Waals surface area contributed by atoms with Crippen molar-refractivity contribution in [2.24, 2.45) is 0 Å². The number of carbonyl (C=O) groups is 1. The number of hydrogen-bond acceptors (Lipinski definition) is 5. The quantitative estimate of drug-likeness (QED) is 0.748. The molecular weight excluding hydrogens is 308 g/mol. The van der Waals surface area contributed by atoms with E-state index in [0.29, 0.717) is 11.7 Å². The summed E-state index contributed by atoms with van der Waals surface area (Å²) in [7, 11) is 0. The molecule has 128 valence electrons. The number of carbonyl (C=O) groups excluding carboxylic acids is 1. The van der Waals surface area contributed by atoms with Crippen LogP contribution in [0.5, 0.6) is 0 Å². The number of thioether (sulfide) groups is 1. The number of aryl methyl sites for hydroxylation is 1. The molecule has 0 N–H and O–H groups in total. The van der Waals surface area contributed by atoms with Gasteiger partial charge in [-0.1, -0.05) is 20.8 Å². The summed E-state index contributed by atoms with van der Waals surface area (Å²) in [6, 6.07) is 2.04. The van der Waals surface area contributed by atoms with E-state index in [1.54, 1.807) is 11.8 Å². The average molecular weight is 337 g/mol. The minimum atomic E-state index is 0.268. The van der Waals surface area contributed by atoms with Gasteiger partial charge in [-0.3, -0.25) is 4.79 Å². The molecule has 0 atom stereocenters. The second kappa shape index (κ2) is 8.52. The summed E-state index contributed by atoms with van der Waals surface area (Å²) in [5, 5.41) is 0. The van der Waals surface area contributed by atoms with Crippen molar-refractivity contribution in [1.82, 2.24) is 14.9 Å². The van der Waals surface area contributed by atoms with Crippen LogP contribution in [0.15, 0.2) is 6.07 Å². The topological polar surface area (TPSA) is 49.3 Å². The molecule has 0 aromatic carbocycles. The first kappa shape index (κ1) is 18.0. The van der Waals surface area contributed by atoms with E-state index in [0.717, 1.165) is 55.7 Å². The summed E-state index contributed by atoms with van der Waals surface area (Å²) in [5.41, 5.74) is 1.01. The summed E-state index contributed by atoms with van der Waals surface area (Å²) >= 11 is 1.73. The van der Waals surface area contributed by atoms with Crippen molar-refractivity contribution in [3.8, 4) is 0 Å². The van der Waals surface area contributed by atoms with E-state index in [4.69, 9.17) is 4.98 Å². The molecule has 1 fully saturated rings. The van der Waals surface area contributed by atoms with Crippen molar-refractivity contribution in [3.63, 3.8) is 0 Å². The highest BCUT2D eigenvalue weighted by Gasteiger charge is 2.22. The molecule has 0 saturated carbocycles. The zero-order chi connectivity index (χ0) is 16.8. The normalized spacial score (nSPS) is 15.3. The molecule has 0 spiro atoms. The maximum Gasteiger partial charge on any atom is 0.232 e. The summed E-state index contributed by atoms with van der Waals surface area (Å²) in [6.07, 6.45) is 1.12. The number of hydrogen-bond donors (Lipinski definition) is 0. The number of aromatic nitrogens is 2. The molecule has 6 heteroatoms. The Morgan fingerprint density at radius 1 is 1.26 bits per heavy atom. The molecule has 1 aromatic rings. The Balaban J connectivity index is 1.93. The average Bonchev–Trinajstić information content (AvgIpc) is 2.54. The fraction of sp³-hybridized carbons (Fsp3) is 0.706.